The topological polar surface area (TPSA) is 56.2 Å². The molecule has 0 unspecified atom stereocenters. The molecule has 21 heavy (non-hydrogen) atoms. The van der Waals surface area contributed by atoms with Gasteiger partial charge in [0.25, 0.3) is 0 Å². The minimum absolute atomic E-state index is 0.836. The summed E-state index contributed by atoms with van der Waals surface area (Å²) < 4.78 is 1.79. The van der Waals surface area contributed by atoms with E-state index in [-0.39, 0.29) is 0 Å². The van der Waals surface area contributed by atoms with Crippen LogP contribution in [-0.2, 0) is 0 Å². The first-order valence-corrected chi connectivity index (χ1v) is 6.81. The number of hydrogen-bond acceptors (Lipinski definition) is 3. The largest absolute Gasteiger partial charge is 0.398 e. The molecule has 0 fully saturated rings. The van der Waals surface area contributed by atoms with Crippen molar-refractivity contribution < 1.29 is 0 Å². The number of nitrogen functional groups attached to an aromatic ring is 1. The highest BCUT2D eigenvalue weighted by molar-refractivity contribution is 6.03. The molecule has 0 saturated carbocycles. The van der Waals surface area contributed by atoms with Crippen LogP contribution in [0.4, 0.5) is 5.69 Å². The van der Waals surface area contributed by atoms with Crippen LogP contribution in [0.5, 0.6) is 0 Å². The first-order chi connectivity index (χ1) is 10.2. The van der Waals surface area contributed by atoms with Gasteiger partial charge in [0.05, 0.1) is 6.20 Å². The maximum Gasteiger partial charge on any atom is 0.154 e. The molecular weight excluding hydrogens is 260 g/mol. The molecule has 0 amide bonds. The van der Waals surface area contributed by atoms with Gasteiger partial charge in [-0.3, -0.25) is 0 Å². The second kappa shape index (κ2) is 4.31. The number of fused-ring (bicyclic) bond motifs is 2. The van der Waals surface area contributed by atoms with E-state index in [1.807, 2.05) is 37.5 Å². The van der Waals surface area contributed by atoms with Gasteiger partial charge >= 0.3 is 0 Å². The van der Waals surface area contributed by atoms with Gasteiger partial charge in [0.1, 0.15) is 0 Å². The number of aromatic nitrogens is 3. The van der Waals surface area contributed by atoms with E-state index in [0.29, 0.717) is 0 Å². The zero-order chi connectivity index (χ0) is 14.4. The van der Waals surface area contributed by atoms with E-state index < -0.39 is 0 Å². The second-order valence-corrected chi connectivity index (χ2v) is 5.18. The fraction of sp³-hybridized carbons (Fsp3) is 0.0588. The molecule has 4 aromatic rings. The molecule has 0 radical (unpaired) electrons. The van der Waals surface area contributed by atoms with Gasteiger partial charge < -0.3 is 5.73 Å². The van der Waals surface area contributed by atoms with Crippen LogP contribution in [-0.4, -0.2) is 14.6 Å². The van der Waals surface area contributed by atoms with Crippen molar-refractivity contribution in [1.29, 1.82) is 0 Å². The quantitative estimate of drug-likeness (QED) is 0.541. The number of benzene rings is 2. The van der Waals surface area contributed by atoms with E-state index in [1.165, 1.54) is 0 Å². The van der Waals surface area contributed by atoms with Crippen LogP contribution in [0, 0.1) is 6.92 Å². The minimum Gasteiger partial charge on any atom is -0.398 e. The molecule has 0 atom stereocenters. The van der Waals surface area contributed by atoms with Gasteiger partial charge in [-0.2, -0.15) is 5.10 Å². The Hall–Kier alpha value is -2.88. The Labute approximate surface area is 121 Å². The molecule has 0 bridgehead atoms. The molecule has 2 N–H and O–H groups in total. The Morgan fingerprint density at radius 2 is 1.90 bits per heavy atom. The second-order valence-electron chi connectivity index (χ2n) is 5.18. The van der Waals surface area contributed by atoms with E-state index in [1.54, 1.807) is 10.7 Å². The van der Waals surface area contributed by atoms with Crippen molar-refractivity contribution in [3.8, 4) is 11.1 Å². The first-order valence-electron chi connectivity index (χ1n) is 6.81. The summed E-state index contributed by atoms with van der Waals surface area (Å²) in [7, 11) is 0. The average Bonchev–Trinajstić information content (AvgIpc) is 2.98. The Morgan fingerprint density at radius 1 is 1.10 bits per heavy atom. The lowest BCUT2D eigenvalue weighted by Crippen LogP contribution is -1.95. The normalized spacial score (nSPS) is 11.3. The van der Waals surface area contributed by atoms with Gasteiger partial charge in [-0.15, -0.1) is 0 Å². The van der Waals surface area contributed by atoms with Gasteiger partial charge in [-0.25, -0.2) is 9.50 Å². The smallest absolute Gasteiger partial charge is 0.154 e. The highest BCUT2D eigenvalue weighted by atomic mass is 15.2. The van der Waals surface area contributed by atoms with Crippen LogP contribution in [0.25, 0.3) is 27.5 Å². The Balaban J connectivity index is 2.07. The summed E-state index contributed by atoms with van der Waals surface area (Å²) in [6.07, 6.45) is 5.63. The van der Waals surface area contributed by atoms with Gasteiger partial charge in [0.2, 0.25) is 0 Å². The monoisotopic (exact) mass is 274 g/mol. The van der Waals surface area contributed by atoms with E-state index in [0.717, 1.165) is 38.8 Å². The summed E-state index contributed by atoms with van der Waals surface area (Å²) in [4.78, 5) is 4.45. The Bertz CT molecular complexity index is 969. The number of nitrogens with two attached hydrogens (primary N) is 1. The third-order valence-electron chi connectivity index (χ3n) is 3.85. The fourth-order valence-electron chi connectivity index (χ4n) is 2.72. The minimum atomic E-state index is 0.836. The van der Waals surface area contributed by atoms with Crippen LogP contribution in [0.3, 0.4) is 0 Å². The standard InChI is InChI=1S/C17H14N4/c1-11-8-15(13-4-2-3-5-14(13)17(11)18)12-9-19-16-6-7-20-21(16)10-12/h2-10H,18H2,1H3. The molecule has 0 spiro atoms. The molecule has 0 saturated heterocycles. The zero-order valence-corrected chi connectivity index (χ0v) is 11.6. The molecule has 0 aliphatic heterocycles. The fourth-order valence-corrected chi connectivity index (χ4v) is 2.72. The maximum absolute atomic E-state index is 6.21. The lowest BCUT2D eigenvalue weighted by atomic mass is 9.96. The lowest BCUT2D eigenvalue weighted by Gasteiger charge is -2.12. The summed E-state index contributed by atoms with van der Waals surface area (Å²) in [5.41, 5.74) is 11.1. The Morgan fingerprint density at radius 3 is 2.76 bits per heavy atom. The molecule has 4 nitrogen and oxygen atoms in total. The lowest BCUT2D eigenvalue weighted by molar-refractivity contribution is 0.941. The van der Waals surface area contributed by atoms with E-state index in [4.69, 9.17) is 5.73 Å². The molecule has 2 heterocycles. The molecule has 0 aliphatic carbocycles. The molecule has 4 rings (SSSR count). The van der Waals surface area contributed by atoms with Crippen molar-refractivity contribution in [2.24, 2.45) is 0 Å². The molecule has 2 aromatic heterocycles. The summed E-state index contributed by atoms with van der Waals surface area (Å²) in [6.45, 7) is 2.03. The molecule has 4 heteroatoms. The number of hydrogen-bond donors (Lipinski definition) is 1. The highest BCUT2D eigenvalue weighted by Gasteiger charge is 2.10. The summed E-state index contributed by atoms with van der Waals surface area (Å²) in [6, 6.07) is 12.2. The SMILES string of the molecule is Cc1cc(-c2cnc3ccnn3c2)c2ccccc2c1N. The van der Waals surface area contributed by atoms with E-state index >= 15 is 0 Å². The Kier molecular flexibility index (Phi) is 2.44. The van der Waals surface area contributed by atoms with Crippen LogP contribution in [0.1, 0.15) is 5.56 Å². The number of aryl methyl sites for hydroxylation is 1. The van der Waals surface area contributed by atoms with Crippen LogP contribution >= 0.6 is 0 Å². The van der Waals surface area contributed by atoms with Gasteiger partial charge in [0, 0.05) is 35.1 Å². The van der Waals surface area contributed by atoms with E-state index in [2.05, 4.69) is 28.3 Å². The van der Waals surface area contributed by atoms with Crippen molar-refractivity contribution in [3.05, 3.63) is 60.6 Å². The first kappa shape index (κ1) is 11.9. The van der Waals surface area contributed by atoms with Gasteiger partial charge in [0.15, 0.2) is 5.65 Å². The third kappa shape index (κ3) is 1.76. The number of anilines is 1. The van der Waals surface area contributed by atoms with Gasteiger partial charge in [-0.1, -0.05) is 24.3 Å². The third-order valence-corrected chi connectivity index (χ3v) is 3.85. The maximum atomic E-state index is 6.21. The van der Waals surface area contributed by atoms with Crippen molar-refractivity contribution in [3.63, 3.8) is 0 Å². The average molecular weight is 274 g/mol. The number of nitrogens with zero attached hydrogens (tertiary/aromatic N) is 3. The van der Waals surface area contributed by atoms with Crippen LogP contribution in [0.2, 0.25) is 0 Å². The number of rotatable bonds is 1. The summed E-state index contributed by atoms with van der Waals surface area (Å²) in [5.74, 6) is 0. The zero-order valence-electron chi connectivity index (χ0n) is 11.6. The predicted octanol–water partition coefficient (Wildman–Crippen LogP) is 3.44. The highest BCUT2D eigenvalue weighted by Crippen LogP contribution is 2.34. The van der Waals surface area contributed by atoms with Crippen molar-refractivity contribution >= 4 is 22.1 Å². The van der Waals surface area contributed by atoms with Gasteiger partial charge in [-0.05, 0) is 29.5 Å². The van der Waals surface area contributed by atoms with E-state index in [9.17, 15) is 0 Å². The molecular formula is C17H14N4. The molecule has 2 aromatic carbocycles. The summed E-state index contributed by atoms with van der Waals surface area (Å²) >= 11 is 0. The predicted molar refractivity (Wildman–Crippen MR) is 85.1 cm³/mol. The van der Waals surface area contributed by atoms with Crippen molar-refractivity contribution in [2.75, 3.05) is 5.73 Å². The van der Waals surface area contributed by atoms with Crippen LogP contribution < -0.4 is 5.73 Å². The van der Waals surface area contributed by atoms with Crippen molar-refractivity contribution in [1.82, 2.24) is 14.6 Å². The molecule has 102 valence electrons. The molecule has 0 aliphatic rings. The van der Waals surface area contributed by atoms with Crippen LogP contribution in [0.15, 0.2) is 55.0 Å². The summed E-state index contributed by atoms with van der Waals surface area (Å²) in [5, 5.41) is 6.46. The van der Waals surface area contributed by atoms with Crippen molar-refractivity contribution in [2.45, 2.75) is 6.92 Å².